The number of ether oxygens (including phenoxy) is 3. The molecule has 0 atom stereocenters. The van der Waals surface area contributed by atoms with Crippen molar-refractivity contribution in [2.24, 2.45) is 0 Å². The van der Waals surface area contributed by atoms with E-state index in [0.717, 1.165) is 11.3 Å². The van der Waals surface area contributed by atoms with Gasteiger partial charge in [-0.05, 0) is 48.9 Å². The summed E-state index contributed by atoms with van der Waals surface area (Å²) in [6.45, 7) is 5.03. The number of carbonyl (C=O) groups is 2. The molecule has 3 aromatic rings. The van der Waals surface area contributed by atoms with Gasteiger partial charge in [0, 0.05) is 24.3 Å². The lowest BCUT2D eigenvalue weighted by molar-refractivity contribution is 0.0526. The van der Waals surface area contributed by atoms with Crippen LogP contribution in [0, 0.1) is 0 Å². The molecule has 3 aromatic carbocycles. The van der Waals surface area contributed by atoms with Crippen LogP contribution >= 0.6 is 0 Å². The van der Waals surface area contributed by atoms with E-state index >= 15 is 0 Å². The van der Waals surface area contributed by atoms with Gasteiger partial charge in [0.05, 0.1) is 31.1 Å². The Balaban J connectivity index is 1.48. The lowest BCUT2D eigenvalue weighted by Gasteiger charge is -2.30. The molecule has 0 aromatic heterocycles. The van der Waals surface area contributed by atoms with Crippen LogP contribution < -0.4 is 15.0 Å². The van der Waals surface area contributed by atoms with Gasteiger partial charge in [-0.15, -0.1) is 0 Å². The average Bonchev–Trinajstić information content (AvgIpc) is 2.89. The second kappa shape index (κ2) is 11.3. The number of carbonyl (C=O) groups excluding carboxylic acids is 2. The lowest BCUT2D eigenvalue weighted by Crippen LogP contribution is -2.37. The van der Waals surface area contributed by atoms with Crippen molar-refractivity contribution in [2.75, 3.05) is 43.1 Å². The van der Waals surface area contributed by atoms with Crippen LogP contribution in [-0.4, -0.2) is 44.8 Å². The summed E-state index contributed by atoms with van der Waals surface area (Å²) in [5.41, 5.74) is 3.21. The normalized spacial score (nSPS) is 13.3. The highest BCUT2D eigenvalue weighted by atomic mass is 16.5. The number of hydrogen-bond donors (Lipinski definition) is 1. The number of nitrogens with zero attached hydrogens (tertiary/aromatic N) is 1. The van der Waals surface area contributed by atoms with Crippen molar-refractivity contribution >= 4 is 23.3 Å². The average molecular weight is 461 g/mol. The molecule has 7 heteroatoms. The Hall–Kier alpha value is -3.84. The fraction of sp³-hybridized carbons (Fsp3) is 0.259. The number of benzene rings is 3. The summed E-state index contributed by atoms with van der Waals surface area (Å²) in [5.74, 6) is -0.109. The van der Waals surface area contributed by atoms with Gasteiger partial charge in [-0.3, -0.25) is 4.79 Å². The third-order valence-electron chi connectivity index (χ3n) is 5.45. The van der Waals surface area contributed by atoms with E-state index in [1.165, 1.54) is 0 Å². The maximum atomic E-state index is 12.9. The monoisotopic (exact) mass is 460 g/mol. The molecule has 0 saturated carbocycles. The second-order valence-corrected chi connectivity index (χ2v) is 7.81. The Morgan fingerprint density at radius 3 is 2.53 bits per heavy atom. The first kappa shape index (κ1) is 23.3. The minimum absolute atomic E-state index is 0.272. The van der Waals surface area contributed by atoms with Crippen LogP contribution in [0.4, 0.5) is 11.4 Å². The zero-order valence-electron chi connectivity index (χ0n) is 19.2. The van der Waals surface area contributed by atoms with Gasteiger partial charge >= 0.3 is 5.97 Å². The van der Waals surface area contributed by atoms with Gasteiger partial charge in [-0.1, -0.05) is 36.4 Å². The molecule has 1 aliphatic heterocycles. The van der Waals surface area contributed by atoms with E-state index < -0.39 is 5.97 Å². The zero-order chi connectivity index (χ0) is 23.8. The van der Waals surface area contributed by atoms with Crippen molar-refractivity contribution in [2.45, 2.75) is 13.5 Å². The van der Waals surface area contributed by atoms with Crippen LogP contribution in [0.2, 0.25) is 0 Å². The summed E-state index contributed by atoms with van der Waals surface area (Å²) in [7, 11) is 0. The van der Waals surface area contributed by atoms with E-state index in [2.05, 4.69) is 10.2 Å². The molecular weight excluding hydrogens is 432 g/mol. The molecule has 0 radical (unpaired) electrons. The van der Waals surface area contributed by atoms with E-state index in [-0.39, 0.29) is 12.5 Å². The van der Waals surface area contributed by atoms with Crippen LogP contribution in [0.15, 0.2) is 72.8 Å². The third-order valence-corrected chi connectivity index (χ3v) is 5.45. The highest BCUT2D eigenvalue weighted by Crippen LogP contribution is 2.27. The maximum absolute atomic E-state index is 12.9. The minimum atomic E-state index is -0.420. The molecule has 1 aliphatic rings. The number of rotatable bonds is 8. The summed E-state index contributed by atoms with van der Waals surface area (Å²) in [6, 6.07) is 22.1. The number of anilines is 2. The summed E-state index contributed by atoms with van der Waals surface area (Å²) in [4.78, 5) is 27.7. The topological polar surface area (TPSA) is 77.1 Å². The summed E-state index contributed by atoms with van der Waals surface area (Å²) in [6.07, 6.45) is 0. The predicted molar refractivity (Wildman–Crippen MR) is 131 cm³/mol. The van der Waals surface area contributed by atoms with Gasteiger partial charge in [-0.25, -0.2) is 4.79 Å². The number of esters is 1. The van der Waals surface area contributed by atoms with Crippen LogP contribution in [0.25, 0.3) is 0 Å². The quantitative estimate of drug-likeness (QED) is 0.498. The van der Waals surface area contributed by atoms with Gasteiger partial charge in [0.1, 0.15) is 12.4 Å². The summed E-state index contributed by atoms with van der Waals surface area (Å²) >= 11 is 0. The molecule has 0 spiro atoms. The third kappa shape index (κ3) is 5.94. The van der Waals surface area contributed by atoms with Crippen molar-refractivity contribution in [3.8, 4) is 5.75 Å². The van der Waals surface area contributed by atoms with E-state index in [1.54, 1.807) is 37.3 Å². The van der Waals surface area contributed by atoms with Crippen LogP contribution in [0.1, 0.15) is 33.2 Å². The standard InChI is InChI=1S/C27H28N2O5/c1-2-33-27(31)24-18-22(11-12-25(24)29-13-15-32-16-14-29)28-26(30)21-9-6-10-23(17-21)34-19-20-7-4-3-5-8-20/h3-12,17-18H,2,13-16,19H2,1H3,(H,28,30). The molecule has 1 N–H and O–H groups in total. The fourth-order valence-electron chi connectivity index (χ4n) is 3.74. The molecular formula is C27H28N2O5. The highest BCUT2D eigenvalue weighted by molar-refractivity contribution is 6.05. The molecule has 0 aliphatic carbocycles. The van der Waals surface area contributed by atoms with Crippen molar-refractivity contribution in [1.82, 2.24) is 0 Å². The first-order valence-corrected chi connectivity index (χ1v) is 11.4. The summed E-state index contributed by atoms with van der Waals surface area (Å²) < 4.78 is 16.5. The number of hydrogen-bond acceptors (Lipinski definition) is 6. The number of morpholine rings is 1. The minimum Gasteiger partial charge on any atom is -0.489 e. The smallest absolute Gasteiger partial charge is 0.340 e. The second-order valence-electron chi connectivity index (χ2n) is 7.81. The van der Waals surface area contributed by atoms with E-state index in [9.17, 15) is 9.59 Å². The first-order valence-electron chi connectivity index (χ1n) is 11.4. The zero-order valence-corrected chi connectivity index (χ0v) is 19.2. The lowest BCUT2D eigenvalue weighted by atomic mass is 10.1. The number of nitrogens with one attached hydrogen (secondary N) is 1. The molecule has 34 heavy (non-hydrogen) atoms. The Morgan fingerprint density at radius 2 is 1.76 bits per heavy atom. The Labute approximate surface area is 199 Å². The molecule has 1 amide bonds. The fourth-order valence-corrected chi connectivity index (χ4v) is 3.74. The predicted octanol–water partition coefficient (Wildman–Crippen LogP) is 4.53. The van der Waals surface area contributed by atoms with Crippen molar-refractivity contribution in [3.63, 3.8) is 0 Å². The molecule has 1 fully saturated rings. The van der Waals surface area contributed by atoms with Gasteiger partial charge < -0.3 is 24.4 Å². The molecule has 0 unspecified atom stereocenters. The maximum Gasteiger partial charge on any atom is 0.340 e. The van der Waals surface area contributed by atoms with Crippen LogP contribution in [0.5, 0.6) is 5.75 Å². The van der Waals surface area contributed by atoms with Crippen LogP contribution in [-0.2, 0) is 16.1 Å². The molecule has 1 saturated heterocycles. The van der Waals surface area contributed by atoms with Gasteiger partial charge in [-0.2, -0.15) is 0 Å². The Bertz CT molecular complexity index is 1130. The van der Waals surface area contributed by atoms with Crippen molar-refractivity contribution in [1.29, 1.82) is 0 Å². The van der Waals surface area contributed by atoms with E-state index in [4.69, 9.17) is 14.2 Å². The van der Waals surface area contributed by atoms with Crippen molar-refractivity contribution < 1.29 is 23.8 Å². The Kier molecular flexibility index (Phi) is 7.78. The highest BCUT2D eigenvalue weighted by Gasteiger charge is 2.21. The van der Waals surface area contributed by atoms with Gasteiger partial charge in [0.25, 0.3) is 5.91 Å². The van der Waals surface area contributed by atoms with Crippen LogP contribution in [0.3, 0.4) is 0 Å². The SMILES string of the molecule is CCOC(=O)c1cc(NC(=O)c2cccc(OCc3ccccc3)c2)ccc1N1CCOCC1. The van der Waals surface area contributed by atoms with E-state index in [0.29, 0.717) is 55.5 Å². The molecule has 7 nitrogen and oxygen atoms in total. The molecule has 0 bridgehead atoms. The molecule has 176 valence electrons. The van der Waals surface area contributed by atoms with Crippen molar-refractivity contribution in [3.05, 3.63) is 89.5 Å². The first-order chi connectivity index (χ1) is 16.6. The molecule has 1 heterocycles. The largest absolute Gasteiger partial charge is 0.489 e. The molecule has 4 rings (SSSR count). The number of amides is 1. The van der Waals surface area contributed by atoms with Gasteiger partial charge in [0.15, 0.2) is 0 Å². The Morgan fingerprint density at radius 1 is 0.971 bits per heavy atom. The summed E-state index contributed by atoms with van der Waals surface area (Å²) in [5, 5.41) is 2.88. The van der Waals surface area contributed by atoms with Gasteiger partial charge in [0.2, 0.25) is 0 Å². The van der Waals surface area contributed by atoms with E-state index in [1.807, 2.05) is 42.5 Å².